The number of para-hydroxylation sites is 2. The highest BCUT2D eigenvalue weighted by molar-refractivity contribution is 6.09. The second-order valence-electron chi connectivity index (χ2n) is 12.8. The van der Waals surface area contributed by atoms with Gasteiger partial charge in [-0.25, -0.2) is 4.98 Å². The zero-order valence-corrected chi connectivity index (χ0v) is 27.1. The van der Waals surface area contributed by atoms with Gasteiger partial charge in [0, 0.05) is 16.3 Å². The van der Waals surface area contributed by atoms with Gasteiger partial charge in [0.2, 0.25) is 5.95 Å². The average Bonchev–Trinajstić information content (AvgIpc) is 3.70. The lowest BCUT2D eigenvalue weighted by Gasteiger charge is -2.32. The highest BCUT2D eigenvalue weighted by atomic mass is 15.2. The summed E-state index contributed by atoms with van der Waals surface area (Å²) >= 11 is 0. The molecule has 2 aromatic heterocycles. The van der Waals surface area contributed by atoms with Crippen LogP contribution >= 0.6 is 0 Å². The van der Waals surface area contributed by atoms with Crippen molar-refractivity contribution in [1.29, 1.82) is 0 Å². The van der Waals surface area contributed by atoms with Crippen LogP contribution in [0.3, 0.4) is 0 Å². The number of aromatic nitrogens is 4. The van der Waals surface area contributed by atoms with Gasteiger partial charge in [-0.15, -0.1) is 0 Å². The third-order valence-electron chi connectivity index (χ3n) is 10.1. The Bertz CT molecular complexity index is 2590. The van der Waals surface area contributed by atoms with Crippen molar-refractivity contribution in [2.75, 3.05) is 0 Å². The third-order valence-corrected chi connectivity index (χ3v) is 10.1. The number of nitrogens with zero attached hydrogens (tertiary/aromatic N) is 4. The lowest BCUT2D eigenvalue weighted by molar-refractivity contribution is 0.683. The molecule has 10 rings (SSSR count). The van der Waals surface area contributed by atoms with Gasteiger partial charge in [-0.3, -0.25) is 4.57 Å². The van der Waals surface area contributed by atoms with Gasteiger partial charge in [0.15, 0.2) is 11.6 Å². The molecule has 0 saturated heterocycles. The molecule has 0 bridgehead atoms. The van der Waals surface area contributed by atoms with Gasteiger partial charge in [0.05, 0.1) is 11.0 Å². The van der Waals surface area contributed by atoms with Gasteiger partial charge in [-0.2, -0.15) is 9.97 Å². The average molecular weight is 639 g/mol. The fourth-order valence-corrected chi connectivity index (χ4v) is 7.95. The molecule has 0 radical (unpaired) electrons. The normalized spacial score (nSPS) is 13.0. The van der Waals surface area contributed by atoms with E-state index in [2.05, 4.69) is 168 Å². The standard InChI is InChI=1S/C46H30N4/c1-3-15-31(16-4-1)32-27-29-34(30-28-32)46(39-23-11-7-19-35(39)36-20-8-12-24-40(36)46)44-47-43(33-17-5-2-6-18-33)48-45(49-44)50-41-25-13-9-21-37(41)38-22-10-14-26-42(38)50/h1-30H. The molecular formula is C46H30N4. The number of fused-ring (bicyclic) bond motifs is 6. The molecule has 4 nitrogen and oxygen atoms in total. The van der Waals surface area contributed by atoms with Crippen LogP contribution < -0.4 is 0 Å². The third kappa shape index (κ3) is 4.15. The monoisotopic (exact) mass is 638 g/mol. The molecule has 0 atom stereocenters. The number of benzene rings is 7. The van der Waals surface area contributed by atoms with E-state index < -0.39 is 5.41 Å². The van der Waals surface area contributed by atoms with Crippen LogP contribution in [0.1, 0.15) is 22.5 Å². The summed E-state index contributed by atoms with van der Waals surface area (Å²) in [6, 6.07) is 64.2. The highest BCUT2D eigenvalue weighted by Crippen LogP contribution is 2.55. The lowest BCUT2D eigenvalue weighted by Crippen LogP contribution is -2.32. The van der Waals surface area contributed by atoms with Crippen molar-refractivity contribution in [3.63, 3.8) is 0 Å². The topological polar surface area (TPSA) is 43.6 Å². The van der Waals surface area contributed by atoms with Crippen molar-refractivity contribution in [2.24, 2.45) is 0 Å². The minimum atomic E-state index is -0.803. The Morgan fingerprint density at radius 3 is 1.46 bits per heavy atom. The van der Waals surface area contributed by atoms with Crippen LogP contribution in [0.25, 0.3) is 61.4 Å². The van der Waals surface area contributed by atoms with Crippen molar-refractivity contribution in [2.45, 2.75) is 5.41 Å². The van der Waals surface area contributed by atoms with Crippen LogP contribution in [-0.2, 0) is 5.41 Å². The second kappa shape index (κ2) is 11.2. The van der Waals surface area contributed by atoms with Crippen molar-refractivity contribution < 1.29 is 0 Å². The van der Waals surface area contributed by atoms with Crippen LogP contribution in [-0.4, -0.2) is 19.5 Å². The second-order valence-corrected chi connectivity index (χ2v) is 12.8. The molecule has 7 aromatic carbocycles. The van der Waals surface area contributed by atoms with Gasteiger partial charge in [0.25, 0.3) is 0 Å². The van der Waals surface area contributed by atoms with Gasteiger partial charge < -0.3 is 0 Å². The Hall–Kier alpha value is -6.65. The predicted molar refractivity (Wildman–Crippen MR) is 202 cm³/mol. The maximum atomic E-state index is 5.55. The first-order valence-corrected chi connectivity index (χ1v) is 17.0. The van der Waals surface area contributed by atoms with E-state index in [-0.39, 0.29) is 0 Å². The Kier molecular flexibility index (Phi) is 6.36. The molecule has 0 unspecified atom stereocenters. The predicted octanol–water partition coefficient (Wildman–Crippen LogP) is 10.7. The molecule has 0 amide bonds. The molecule has 0 fully saturated rings. The molecule has 4 heteroatoms. The SMILES string of the molecule is c1ccc(-c2ccc(C3(c4nc(-c5ccccc5)nc(-n5c6ccccc6c6ccccc65)n4)c4ccccc4-c4ccccc43)cc2)cc1. The fourth-order valence-electron chi connectivity index (χ4n) is 7.95. The van der Waals surface area contributed by atoms with Crippen LogP contribution in [0.4, 0.5) is 0 Å². The van der Waals surface area contributed by atoms with E-state index in [1.807, 2.05) is 18.2 Å². The van der Waals surface area contributed by atoms with E-state index in [4.69, 9.17) is 15.0 Å². The van der Waals surface area contributed by atoms with Crippen LogP contribution in [0, 0.1) is 0 Å². The molecule has 234 valence electrons. The van der Waals surface area contributed by atoms with Crippen LogP contribution in [0.15, 0.2) is 182 Å². The molecule has 0 saturated carbocycles. The van der Waals surface area contributed by atoms with E-state index in [0.717, 1.165) is 49.6 Å². The summed E-state index contributed by atoms with van der Waals surface area (Å²) in [5.74, 6) is 1.91. The Labute approximate surface area is 290 Å². The summed E-state index contributed by atoms with van der Waals surface area (Å²) in [4.78, 5) is 16.2. The summed E-state index contributed by atoms with van der Waals surface area (Å²) in [6.45, 7) is 0. The Morgan fingerprint density at radius 1 is 0.380 bits per heavy atom. The zero-order chi connectivity index (χ0) is 33.1. The largest absolute Gasteiger partial charge is 0.278 e. The summed E-state index contributed by atoms with van der Waals surface area (Å²) in [7, 11) is 0. The van der Waals surface area contributed by atoms with Crippen molar-refractivity contribution >= 4 is 21.8 Å². The first-order chi connectivity index (χ1) is 24.8. The van der Waals surface area contributed by atoms with E-state index >= 15 is 0 Å². The van der Waals surface area contributed by atoms with E-state index in [0.29, 0.717) is 17.6 Å². The molecule has 0 N–H and O–H groups in total. The molecular weight excluding hydrogens is 609 g/mol. The summed E-state index contributed by atoms with van der Waals surface area (Å²) in [5, 5.41) is 2.32. The quantitative estimate of drug-likeness (QED) is 0.188. The first-order valence-electron chi connectivity index (χ1n) is 17.0. The zero-order valence-electron chi connectivity index (χ0n) is 27.1. The van der Waals surface area contributed by atoms with Gasteiger partial charge in [0.1, 0.15) is 5.41 Å². The number of hydrogen-bond donors (Lipinski definition) is 0. The van der Waals surface area contributed by atoms with Crippen molar-refractivity contribution in [3.8, 4) is 39.6 Å². The van der Waals surface area contributed by atoms with Gasteiger partial charge in [-0.1, -0.05) is 170 Å². The fraction of sp³-hybridized carbons (Fsp3) is 0.0217. The van der Waals surface area contributed by atoms with Gasteiger partial charge in [-0.05, 0) is 51.1 Å². The first kappa shape index (κ1) is 28.4. The highest BCUT2D eigenvalue weighted by Gasteiger charge is 2.49. The maximum Gasteiger partial charge on any atom is 0.238 e. The molecule has 0 aliphatic heterocycles. The summed E-state index contributed by atoms with van der Waals surface area (Å²) in [6.07, 6.45) is 0. The summed E-state index contributed by atoms with van der Waals surface area (Å²) in [5.41, 5.74) is 10.4. The number of rotatable bonds is 5. The molecule has 0 spiro atoms. The van der Waals surface area contributed by atoms with Crippen LogP contribution in [0.2, 0.25) is 0 Å². The Balaban J connectivity index is 1.32. The molecule has 1 aliphatic rings. The summed E-state index contributed by atoms with van der Waals surface area (Å²) < 4.78 is 2.20. The van der Waals surface area contributed by atoms with Gasteiger partial charge >= 0.3 is 0 Å². The van der Waals surface area contributed by atoms with E-state index in [9.17, 15) is 0 Å². The van der Waals surface area contributed by atoms with Crippen LogP contribution in [0.5, 0.6) is 0 Å². The van der Waals surface area contributed by atoms with Crippen molar-refractivity contribution in [3.05, 3.63) is 205 Å². The molecule has 50 heavy (non-hydrogen) atoms. The lowest BCUT2D eigenvalue weighted by atomic mass is 9.71. The Morgan fingerprint density at radius 2 is 0.860 bits per heavy atom. The maximum absolute atomic E-state index is 5.55. The van der Waals surface area contributed by atoms with Crippen molar-refractivity contribution in [1.82, 2.24) is 19.5 Å². The minimum absolute atomic E-state index is 0.591. The molecule has 1 aliphatic carbocycles. The van der Waals surface area contributed by atoms with E-state index in [1.165, 1.54) is 16.7 Å². The minimum Gasteiger partial charge on any atom is -0.278 e. The molecule has 2 heterocycles. The number of hydrogen-bond acceptors (Lipinski definition) is 3. The van der Waals surface area contributed by atoms with E-state index in [1.54, 1.807) is 0 Å². The molecule has 9 aromatic rings. The smallest absolute Gasteiger partial charge is 0.238 e.